The standard InChI is InChI=1S/C28H26N6O2/c1-17(31-24-13-12-19(14-20(24)15-29)27-32-18(2)33-36-27)16-30-26-21-8-4-5-9-22(21)28(35)34(3)25-11-7-6-10-23(25)26/h4-14,17,26,30-31H,16H2,1-3H3/t17-,26?/m1/s1. The summed E-state index contributed by atoms with van der Waals surface area (Å²) in [5.74, 6) is 0.902. The third-order valence-corrected chi connectivity index (χ3v) is 6.36. The number of benzene rings is 3. The zero-order valence-electron chi connectivity index (χ0n) is 20.3. The fourth-order valence-corrected chi connectivity index (χ4v) is 4.58. The van der Waals surface area contributed by atoms with Crippen LogP contribution in [0.5, 0.6) is 0 Å². The number of nitriles is 1. The van der Waals surface area contributed by atoms with Crippen molar-refractivity contribution in [2.75, 3.05) is 23.8 Å². The molecule has 0 fully saturated rings. The van der Waals surface area contributed by atoms with E-state index in [4.69, 9.17) is 4.52 Å². The van der Waals surface area contributed by atoms with Gasteiger partial charge in [-0.25, -0.2) is 0 Å². The molecule has 2 N–H and O–H groups in total. The van der Waals surface area contributed by atoms with Crippen LogP contribution < -0.4 is 15.5 Å². The minimum absolute atomic E-state index is 0.00962. The molecule has 1 amide bonds. The molecule has 1 unspecified atom stereocenters. The van der Waals surface area contributed by atoms with Gasteiger partial charge < -0.3 is 20.1 Å². The Hall–Kier alpha value is -4.48. The Labute approximate surface area is 209 Å². The van der Waals surface area contributed by atoms with Gasteiger partial charge in [0.05, 0.1) is 17.3 Å². The predicted octanol–water partition coefficient (Wildman–Crippen LogP) is 4.69. The molecular weight excluding hydrogens is 452 g/mol. The van der Waals surface area contributed by atoms with E-state index in [0.717, 1.165) is 22.5 Å². The molecule has 0 bridgehead atoms. The lowest BCUT2D eigenvalue weighted by Crippen LogP contribution is -2.34. The van der Waals surface area contributed by atoms with E-state index >= 15 is 0 Å². The van der Waals surface area contributed by atoms with Gasteiger partial charge in [0.2, 0.25) is 0 Å². The Morgan fingerprint density at radius 1 is 1.11 bits per heavy atom. The fourth-order valence-electron chi connectivity index (χ4n) is 4.58. The van der Waals surface area contributed by atoms with Crippen molar-refractivity contribution in [2.45, 2.75) is 25.9 Å². The number of aryl methyl sites for hydroxylation is 1. The average Bonchev–Trinajstić information content (AvgIpc) is 3.31. The number of fused-ring (bicyclic) bond motifs is 2. The second-order valence-corrected chi connectivity index (χ2v) is 8.92. The highest BCUT2D eigenvalue weighted by Crippen LogP contribution is 2.36. The lowest BCUT2D eigenvalue weighted by molar-refractivity contribution is 0.0993. The minimum atomic E-state index is -0.158. The third-order valence-electron chi connectivity index (χ3n) is 6.36. The molecule has 4 aromatic rings. The van der Waals surface area contributed by atoms with Gasteiger partial charge in [0.1, 0.15) is 6.07 Å². The molecule has 5 rings (SSSR count). The molecule has 0 saturated heterocycles. The second kappa shape index (κ2) is 9.64. The van der Waals surface area contributed by atoms with E-state index < -0.39 is 0 Å². The van der Waals surface area contributed by atoms with E-state index in [0.29, 0.717) is 35.0 Å². The first-order valence-electron chi connectivity index (χ1n) is 11.8. The van der Waals surface area contributed by atoms with Gasteiger partial charge in [-0.3, -0.25) is 4.79 Å². The van der Waals surface area contributed by atoms with Gasteiger partial charge in [-0.05, 0) is 55.3 Å². The number of carbonyl (C=O) groups is 1. The van der Waals surface area contributed by atoms with Crippen molar-refractivity contribution in [2.24, 2.45) is 0 Å². The molecule has 1 aliphatic heterocycles. The van der Waals surface area contributed by atoms with E-state index in [2.05, 4.69) is 39.8 Å². The molecule has 1 aromatic heterocycles. The number of para-hydroxylation sites is 1. The van der Waals surface area contributed by atoms with Crippen LogP contribution in [0.3, 0.4) is 0 Å². The fraction of sp³-hybridized carbons (Fsp3) is 0.214. The van der Waals surface area contributed by atoms with Gasteiger partial charge in [0.25, 0.3) is 11.8 Å². The Morgan fingerprint density at radius 2 is 1.86 bits per heavy atom. The van der Waals surface area contributed by atoms with Crippen LogP contribution in [0, 0.1) is 18.3 Å². The molecule has 0 radical (unpaired) electrons. The van der Waals surface area contributed by atoms with E-state index in [-0.39, 0.29) is 18.0 Å². The average molecular weight is 479 g/mol. The molecule has 0 spiro atoms. The predicted molar refractivity (Wildman–Crippen MR) is 138 cm³/mol. The van der Waals surface area contributed by atoms with E-state index in [1.165, 1.54) is 0 Å². The van der Waals surface area contributed by atoms with Crippen LogP contribution >= 0.6 is 0 Å². The number of rotatable bonds is 6. The highest BCUT2D eigenvalue weighted by Gasteiger charge is 2.30. The summed E-state index contributed by atoms with van der Waals surface area (Å²) in [6.45, 7) is 4.40. The number of anilines is 2. The van der Waals surface area contributed by atoms with Crippen LogP contribution in [0.1, 0.15) is 45.8 Å². The number of amides is 1. The van der Waals surface area contributed by atoms with Crippen LogP contribution in [0.2, 0.25) is 0 Å². The zero-order chi connectivity index (χ0) is 25.2. The highest BCUT2D eigenvalue weighted by molar-refractivity contribution is 6.08. The lowest BCUT2D eigenvalue weighted by Gasteiger charge is -2.25. The molecule has 0 saturated carbocycles. The Bertz CT molecular complexity index is 1470. The van der Waals surface area contributed by atoms with Crippen molar-refractivity contribution >= 4 is 17.3 Å². The van der Waals surface area contributed by atoms with Crippen molar-refractivity contribution in [3.05, 3.63) is 94.8 Å². The van der Waals surface area contributed by atoms with Gasteiger partial charge in [-0.1, -0.05) is 41.6 Å². The maximum absolute atomic E-state index is 13.2. The van der Waals surface area contributed by atoms with Crippen molar-refractivity contribution < 1.29 is 9.32 Å². The third kappa shape index (κ3) is 4.32. The summed E-state index contributed by atoms with van der Waals surface area (Å²) < 4.78 is 5.23. The first-order chi connectivity index (χ1) is 17.5. The summed E-state index contributed by atoms with van der Waals surface area (Å²) in [5, 5.41) is 20.6. The topological polar surface area (TPSA) is 107 Å². The van der Waals surface area contributed by atoms with E-state index in [9.17, 15) is 10.1 Å². The molecule has 180 valence electrons. The molecule has 8 heteroatoms. The van der Waals surface area contributed by atoms with Gasteiger partial charge in [-0.2, -0.15) is 10.2 Å². The zero-order valence-corrected chi connectivity index (χ0v) is 20.3. The number of carbonyl (C=O) groups excluding carboxylic acids is 1. The normalized spacial score (nSPS) is 15.4. The monoisotopic (exact) mass is 478 g/mol. The van der Waals surface area contributed by atoms with Gasteiger partial charge in [0, 0.05) is 36.4 Å². The molecule has 2 atom stereocenters. The Kier molecular flexibility index (Phi) is 6.23. The van der Waals surface area contributed by atoms with E-state index in [1.807, 2.05) is 61.6 Å². The number of hydrogen-bond donors (Lipinski definition) is 2. The molecule has 8 nitrogen and oxygen atoms in total. The quantitative estimate of drug-likeness (QED) is 0.414. The van der Waals surface area contributed by atoms with Gasteiger partial charge in [-0.15, -0.1) is 0 Å². The Morgan fingerprint density at radius 3 is 2.61 bits per heavy atom. The summed E-state index contributed by atoms with van der Waals surface area (Å²) >= 11 is 0. The van der Waals surface area contributed by atoms with Crippen molar-refractivity contribution in [1.29, 1.82) is 5.26 Å². The van der Waals surface area contributed by atoms with Crippen molar-refractivity contribution in [1.82, 2.24) is 15.5 Å². The molecule has 3 aromatic carbocycles. The summed E-state index contributed by atoms with van der Waals surface area (Å²) in [5.41, 5.74) is 5.48. The summed E-state index contributed by atoms with van der Waals surface area (Å²) in [7, 11) is 1.81. The smallest absolute Gasteiger partial charge is 0.258 e. The molecule has 1 aliphatic rings. The lowest BCUT2D eigenvalue weighted by atomic mass is 9.94. The number of hydrogen-bond acceptors (Lipinski definition) is 7. The molecule has 0 aliphatic carbocycles. The van der Waals surface area contributed by atoms with Crippen LogP contribution in [0.15, 0.2) is 71.3 Å². The molecule has 36 heavy (non-hydrogen) atoms. The van der Waals surface area contributed by atoms with Crippen LogP contribution in [0.25, 0.3) is 11.5 Å². The Balaban J connectivity index is 1.37. The number of aromatic nitrogens is 2. The van der Waals surface area contributed by atoms with Gasteiger partial charge in [0.15, 0.2) is 5.82 Å². The highest BCUT2D eigenvalue weighted by atomic mass is 16.5. The summed E-state index contributed by atoms with van der Waals surface area (Å²) in [6.07, 6.45) is 0. The first-order valence-corrected chi connectivity index (χ1v) is 11.8. The molecular formula is C28H26N6O2. The van der Waals surface area contributed by atoms with Gasteiger partial charge >= 0.3 is 0 Å². The minimum Gasteiger partial charge on any atom is -0.380 e. The van der Waals surface area contributed by atoms with Crippen LogP contribution in [-0.2, 0) is 0 Å². The van der Waals surface area contributed by atoms with Crippen LogP contribution in [0.4, 0.5) is 11.4 Å². The van der Waals surface area contributed by atoms with Crippen LogP contribution in [-0.4, -0.2) is 35.7 Å². The second-order valence-electron chi connectivity index (χ2n) is 8.92. The summed E-state index contributed by atoms with van der Waals surface area (Å²) in [6, 6.07) is 23.2. The number of nitrogens with one attached hydrogen (secondary N) is 2. The number of nitrogens with zero attached hydrogens (tertiary/aromatic N) is 4. The maximum atomic E-state index is 13.2. The molecule has 2 heterocycles. The first kappa shape index (κ1) is 23.3. The van der Waals surface area contributed by atoms with Crippen molar-refractivity contribution in [3.63, 3.8) is 0 Å². The SMILES string of the molecule is Cc1noc(-c2ccc(N[C@H](C)CNC3c4ccccc4C(=O)N(C)c4ccccc43)c(C#N)c2)n1. The largest absolute Gasteiger partial charge is 0.380 e. The van der Waals surface area contributed by atoms with E-state index in [1.54, 1.807) is 17.9 Å². The maximum Gasteiger partial charge on any atom is 0.258 e. The van der Waals surface area contributed by atoms with Crippen molar-refractivity contribution in [3.8, 4) is 17.5 Å². The summed E-state index contributed by atoms with van der Waals surface area (Å²) in [4.78, 5) is 19.1.